The van der Waals surface area contributed by atoms with Crippen molar-refractivity contribution in [3.8, 4) is 0 Å². The Morgan fingerprint density at radius 1 is 1.03 bits per heavy atom. The highest BCUT2D eigenvalue weighted by Crippen LogP contribution is 2.50. The van der Waals surface area contributed by atoms with E-state index in [1.807, 2.05) is 6.92 Å². The number of urea groups is 1. The van der Waals surface area contributed by atoms with Crippen LogP contribution in [0.25, 0.3) is 0 Å². The minimum absolute atomic E-state index is 0.0477. The van der Waals surface area contributed by atoms with Crippen molar-refractivity contribution in [2.24, 2.45) is 11.7 Å². The molecule has 1 aromatic carbocycles. The number of amides is 2. The molecule has 0 saturated heterocycles. The van der Waals surface area contributed by atoms with Crippen LogP contribution < -0.4 is 5.73 Å². The van der Waals surface area contributed by atoms with Gasteiger partial charge >= 0.3 is 12.0 Å². The van der Waals surface area contributed by atoms with E-state index in [1.165, 1.54) is 36.6 Å². The molecule has 202 valence electrons. The summed E-state index contributed by atoms with van der Waals surface area (Å²) >= 11 is 0. The van der Waals surface area contributed by atoms with Crippen LogP contribution in [-0.4, -0.2) is 28.4 Å². The van der Waals surface area contributed by atoms with Gasteiger partial charge in [0.15, 0.2) is 0 Å². The number of allylic oxidation sites excluding steroid dienone is 3. The van der Waals surface area contributed by atoms with Crippen molar-refractivity contribution < 1.29 is 19.2 Å². The lowest BCUT2D eigenvalue weighted by Gasteiger charge is -2.38. The van der Waals surface area contributed by atoms with Crippen LogP contribution in [0.4, 0.5) is 10.5 Å². The summed E-state index contributed by atoms with van der Waals surface area (Å²) in [5, 5.41) is 12.0. The zero-order chi connectivity index (χ0) is 26.9. The first kappa shape index (κ1) is 28.4. The largest absolute Gasteiger partial charge is 0.462 e. The Balaban J connectivity index is 1.97. The predicted molar refractivity (Wildman–Crippen MR) is 144 cm³/mol. The van der Waals surface area contributed by atoms with E-state index >= 15 is 0 Å². The second kappa shape index (κ2) is 13.4. The van der Waals surface area contributed by atoms with E-state index in [1.54, 1.807) is 25.1 Å². The summed E-state index contributed by atoms with van der Waals surface area (Å²) in [5.74, 6) is -1.10. The number of para-hydroxylation sites is 1. The van der Waals surface area contributed by atoms with Gasteiger partial charge < -0.3 is 10.5 Å². The summed E-state index contributed by atoms with van der Waals surface area (Å²) in [6.45, 7) is 5.95. The van der Waals surface area contributed by atoms with Gasteiger partial charge in [-0.3, -0.25) is 15.0 Å². The van der Waals surface area contributed by atoms with Gasteiger partial charge in [-0.05, 0) is 44.6 Å². The molecule has 0 radical (unpaired) electrons. The number of nitro benzene ring substituents is 1. The van der Waals surface area contributed by atoms with Crippen molar-refractivity contribution in [3.05, 3.63) is 62.5 Å². The zero-order valence-corrected chi connectivity index (χ0v) is 22.5. The summed E-state index contributed by atoms with van der Waals surface area (Å²) in [4.78, 5) is 39.2. The summed E-state index contributed by atoms with van der Waals surface area (Å²) in [6.07, 6.45) is 11.5. The second-order valence-electron chi connectivity index (χ2n) is 10.2. The molecule has 1 aromatic rings. The van der Waals surface area contributed by atoms with Gasteiger partial charge in [-0.15, -0.1) is 0 Å². The number of nitro groups is 1. The first-order valence-corrected chi connectivity index (χ1v) is 13.7. The minimum Gasteiger partial charge on any atom is -0.462 e. The number of unbranched alkanes of at least 4 members (excludes halogenated alkanes) is 6. The molecular formula is C29H41N3O5. The van der Waals surface area contributed by atoms with Crippen molar-refractivity contribution in [1.29, 1.82) is 0 Å². The normalized spacial score (nSPS) is 18.5. The van der Waals surface area contributed by atoms with Crippen LogP contribution in [0.15, 0.2) is 46.8 Å². The number of ether oxygens (including phenoxy) is 1. The maximum Gasteiger partial charge on any atom is 0.336 e. The van der Waals surface area contributed by atoms with E-state index in [9.17, 15) is 19.7 Å². The monoisotopic (exact) mass is 511 g/mol. The Bertz CT molecular complexity index is 1060. The first-order valence-electron chi connectivity index (χ1n) is 13.7. The van der Waals surface area contributed by atoms with Crippen LogP contribution in [0.3, 0.4) is 0 Å². The number of carbonyl (C=O) groups excluding carboxylic acids is 2. The number of benzene rings is 1. The molecule has 37 heavy (non-hydrogen) atoms. The van der Waals surface area contributed by atoms with Gasteiger partial charge in [-0.25, -0.2) is 9.59 Å². The van der Waals surface area contributed by atoms with Crippen LogP contribution in [-0.2, 0) is 9.53 Å². The Hall–Kier alpha value is -3.16. The van der Waals surface area contributed by atoms with Gasteiger partial charge in [0.25, 0.3) is 5.69 Å². The number of esters is 1. The van der Waals surface area contributed by atoms with Crippen molar-refractivity contribution in [1.82, 2.24) is 4.90 Å². The molecule has 2 aliphatic rings. The highest BCUT2D eigenvalue weighted by Gasteiger charge is 2.43. The molecule has 1 fully saturated rings. The van der Waals surface area contributed by atoms with Crippen LogP contribution in [0.2, 0.25) is 0 Å². The molecule has 2 amide bonds. The number of hydrogen-bond acceptors (Lipinski definition) is 5. The second-order valence-corrected chi connectivity index (χ2v) is 10.2. The van der Waals surface area contributed by atoms with E-state index in [-0.39, 0.29) is 23.8 Å². The molecule has 8 heteroatoms. The third kappa shape index (κ3) is 6.59. The lowest BCUT2D eigenvalue weighted by atomic mass is 9.73. The lowest BCUT2D eigenvalue weighted by Crippen LogP contribution is -2.40. The third-order valence-corrected chi connectivity index (χ3v) is 7.74. The molecule has 0 bridgehead atoms. The third-order valence-electron chi connectivity index (χ3n) is 7.74. The standard InChI is InChI=1S/C29H41N3O5/c1-4-5-6-7-8-9-14-19-37-28(33)26-21(3)31(29(30)34)20(2)25(22-15-10-11-16-22)27(26)23-17-12-13-18-24(23)32(35)36/h12-13,17-18,22,27H,4-11,14-16,19H2,1-3H3,(H2,30,34). The number of nitrogens with two attached hydrogens (primary N) is 1. The fraction of sp³-hybridized carbons (Fsp3) is 0.586. The molecule has 8 nitrogen and oxygen atoms in total. The van der Waals surface area contributed by atoms with E-state index in [0.717, 1.165) is 50.5 Å². The highest BCUT2D eigenvalue weighted by atomic mass is 16.6. The van der Waals surface area contributed by atoms with Crippen LogP contribution in [0.5, 0.6) is 0 Å². The summed E-state index contributed by atoms with van der Waals surface area (Å²) in [7, 11) is 0. The van der Waals surface area contributed by atoms with E-state index < -0.39 is 22.8 Å². The molecular weight excluding hydrogens is 470 g/mol. The Morgan fingerprint density at radius 2 is 1.65 bits per heavy atom. The van der Waals surface area contributed by atoms with Crippen molar-refractivity contribution >= 4 is 17.7 Å². The number of nitrogens with zero attached hydrogens (tertiary/aromatic N) is 2. The smallest absolute Gasteiger partial charge is 0.336 e. The average molecular weight is 512 g/mol. The summed E-state index contributed by atoms with van der Waals surface area (Å²) in [5.41, 5.74) is 8.34. The summed E-state index contributed by atoms with van der Waals surface area (Å²) < 4.78 is 5.74. The summed E-state index contributed by atoms with van der Waals surface area (Å²) in [6, 6.07) is 5.88. The maximum absolute atomic E-state index is 13.6. The van der Waals surface area contributed by atoms with Crippen LogP contribution >= 0.6 is 0 Å². The van der Waals surface area contributed by atoms with E-state index in [2.05, 4.69) is 6.92 Å². The van der Waals surface area contributed by atoms with Gasteiger partial charge in [-0.2, -0.15) is 0 Å². The van der Waals surface area contributed by atoms with Gasteiger partial charge in [0.05, 0.1) is 17.1 Å². The number of carbonyl (C=O) groups is 2. The number of rotatable bonds is 12. The molecule has 1 heterocycles. The minimum atomic E-state index is -0.677. The zero-order valence-electron chi connectivity index (χ0n) is 22.5. The number of primary amides is 1. The molecule has 0 spiro atoms. The first-order chi connectivity index (χ1) is 17.8. The highest BCUT2D eigenvalue weighted by molar-refractivity contribution is 5.94. The fourth-order valence-electron chi connectivity index (χ4n) is 5.96. The molecule has 3 rings (SSSR count). The van der Waals surface area contributed by atoms with Crippen molar-refractivity contribution in [2.45, 2.75) is 97.3 Å². The molecule has 1 aliphatic carbocycles. The predicted octanol–water partition coefficient (Wildman–Crippen LogP) is 7.10. The molecule has 0 aromatic heterocycles. The lowest BCUT2D eigenvalue weighted by molar-refractivity contribution is -0.385. The van der Waals surface area contributed by atoms with E-state index in [0.29, 0.717) is 17.0 Å². The molecule has 1 atom stereocenters. The Labute approximate surface area is 220 Å². The topological polar surface area (TPSA) is 116 Å². The molecule has 2 N–H and O–H groups in total. The van der Waals surface area contributed by atoms with Crippen molar-refractivity contribution in [3.63, 3.8) is 0 Å². The molecule has 1 saturated carbocycles. The molecule has 1 aliphatic heterocycles. The Kier molecular flexibility index (Phi) is 10.3. The quantitative estimate of drug-likeness (QED) is 0.139. The maximum atomic E-state index is 13.6. The van der Waals surface area contributed by atoms with Crippen LogP contribution in [0, 0.1) is 16.0 Å². The number of hydrogen-bond donors (Lipinski definition) is 1. The van der Waals surface area contributed by atoms with Crippen LogP contribution in [0.1, 0.15) is 103 Å². The average Bonchev–Trinajstić information content (AvgIpc) is 3.39. The van der Waals surface area contributed by atoms with Gasteiger partial charge in [0.2, 0.25) is 0 Å². The van der Waals surface area contributed by atoms with Gasteiger partial charge in [0.1, 0.15) is 0 Å². The molecule has 1 unspecified atom stereocenters. The fourth-order valence-corrected chi connectivity index (χ4v) is 5.96. The van der Waals surface area contributed by atoms with Crippen molar-refractivity contribution in [2.75, 3.05) is 6.61 Å². The SMILES string of the molecule is CCCCCCCCCOC(=O)C1=C(C)N(C(N)=O)C(C)=C(C2CCCC2)C1c1ccccc1[N+](=O)[O-]. The Morgan fingerprint density at radius 3 is 2.27 bits per heavy atom. The van der Waals surface area contributed by atoms with Gasteiger partial charge in [0, 0.05) is 28.9 Å². The van der Waals surface area contributed by atoms with Gasteiger partial charge in [-0.1, -0.05) is 76.5 Å². The van der Waals surface area contributed by atoms with E-state index in [4.69, 9.17) is 10.5 Å².